The zero-order valence-corrected chi connectivity index (χ0v) is 9.37. The summed E-state index contributed by atoms with van der Waals surface area (Å²) < 4.78 is 0. The van der Waals surface area contributed by atoms with Crippen LogP contribution in [-0.2, 0) is 4.79 Å². The number of hydrogen-bond acceptors (Lipinski definition) is 3. The van der Waals surface area contributed by atoms with E-state index in [2.05, 4.69) is 5.32 Å². The van der Waals surface area contributed by atoms with Gasteiger partial charge in [0.25, 0.3) is 0 Å². The quantitative estimate of drug-likeness (QED) is 0.616. The van der Waals surface area contributed by atoms with Crippen molar-refractivity contribution in [3.05, 3.63) is 0 Å². The summed E-state index contributed by atoms with van der Waals surface area (Å²) in [6.07, 6.45) is 1.62. The number of rotatable bonds is 1. The van der Waals surface area contributed by atoms with Crippen molar-refractivity contribution >= 4 is 30.8 Å². The number of nitrogens with two attached hydrogens (primary N) is 1. The molecule has 0 aromatic carbocycles. The standard InChI is InChI=1S/C8H14N2O2.2ClH/c9-8(7(11)12)2-5-1-6(8)4-10-3-5;;/h5-6,10H,1-4,9H2,(H,11,12);2*1H/t5-,6-,8+;;/m1../s1. The molecule has 1 aliphatic heterocycles. The number of carboxylic acids is 1. The van der Waals surface area contributed by atoms with Gasteiger partial charge in [-0.05, 0) is 25.3 Å². The maximum Gasteiger partial charge on any atom is 0.324 e. The highest BCUT2D eigenvalue weighted by molar-refractivity contribution is 5.85. The molecule has 1 aliphatic carbocycles. The van der Waals surface area contributed by atoms with Crippen LogP contribution in [0.4, 0.5) is 0 Å². The second-order valence-corrected chi connectivity index (χ2v) is 4.01. The first kappa shape index (κ1) is 14.0. The second kappa shape index (κ2) is 4.66. The Hall–Kier alpha value is -0.0300. The van der Waals surface area contributed by atoms with E-state index in [0.29, 0.717) is 12.3 Å². The Bertz CT molecular complexity index is 227. The first-order valence-electron chi connectivity index (χ1n) is 4.36. The van der Waals surface area contributed by atoms with E-state index in [1.54, 1.807) is 0 Å². The van der Waals surface area contributed by atoms with Gasteiger partial charge in [0, 0.05) is 12.5 Å². The fourth-order valence-electron chi connectivity index (χ4n) is 2.48. The van der Waals surface area contributed by atoms with E-state index >= 15 is 0 Å². The van der Waals surface area contributed by atoms with Crippen LogP contribution in [0.5, 0.6) is 0 Å². The van der Waals surface area contributed by atoms with Crippen LogP contribution in [0, 0.1) is 11.8 Å². The van der Waals surface area contributed by atoms with Crippen molar-refractivity contribution in [2.75, 3.05) is 13.1 Å². The number of halogens is 2. The minimum absolute atomic E-state index is 0. The molecule has 0 aromatic rings. The van der Waals surface area contributed by atoms with Gasteiger partial charge in [-0.1, -0.05) is 0 Å². The molecule has 4 N–H and O–H groups in total. The molecule has 4 nitrogen and oxygen atoms in total. The third-order valence-corrected chi connectivity index (χ3v) is 3.19. The summed E-state index contributed by atoms with van der Waals surface area (Å²) in [5.41, 5.74) is 4.90. The van der Waals surface area contributed by atoms with Gasteiger partial charge in [-0.3, -0.25) is 4.79 Å². The lowest BCUT2D eigenvalue weighted by Crippen LogP contribution is -2.53. The lowest BCUT2D eigenvalue weighted by atomic mass is 9.88. The van der Waals surface area contributed by atoms with Crippen molar-refractivity contribution in [2.45, 2.75) is 18.4 Å². The van der Waals surface area contributed by atoms with Crippen LogP contribution in [0.2, 0.25) is 0 Å². The van der Waals surface area contributed by atoms with Crippen molar-refractivity contribution in [1.29, 1.82) is 0 Å². The number of carboxylic acid groups (broad SMARTS) is 1. The smallest absolute Gasteiger partial charge is 0.324 e. The maximum absolute atomic E-state index is 10.9. The van der Waals surface area contributed by atoms with Gasteiger partial charge in [0.1, 0.15) is 5.54 Å². The molecule has 2 aliphatic rings. The molecule has 1 heterocycles. The minimum Gasteiger partial charge on any atom is -0.480 e. The second-order valence-electron chi connectivity index (χ2n) is 4.01. The predicted molar refractivity (Wildman–Crippen MR) is 58.1 cm³/mol. The molecule has 0 unspecified atom stereocenters. The molecular weight excluding hydrogens is 227 g/mol. The summed E-state index contributed by atoms with van der Waals surface area (Å²) in [6, 6.07) is 0. The van der Waals surface area contributed by atoms with Crippen LogP contribution in [0.15, 0.2) is 0 Å². The zero-order chi connectivity index (χ0) is 8.77. The van der Waals surface area contributed by atoms with Crippen molar-refractivity contribution in [3.63, 3.8) is 0 Å². The number of hydrogen-bond donors (Lipinski definition) is 3. The third-order valence-electron chi connectivity index (χ3n) is 3.19. The van der Waals surface area contributed by atoms with Gasteiger partial charge >= 0.3 is 5.97 Å². The summed E-state index contributed by atoms with van der Waals surface area (Å²) in [5.74, 6) is -0.225. The first-order valence-corrected chi connectivity index (χ1v) is 4.36. The Labute approximate surface area is 95.4 Å². The Morgan fingerprint density at radius 3 is 2.57 bits per heavy atom. The van der Waals surface area contributed by atoms with E-state index in [0.717, 1.165) is 19.5 Å². The normalized spacial score (nSPS) is 39.5. The first-order chi connectivity index (χ1) is 5.63. The van der Waals surface area contributed by atoms with Gasteiger partial charge in [-0.15, -0.1) is 24.8 Å². The van der Waals surface area contributed by atoms with Crippen molar-refractivity contribution in [2.24, 2.45) is 17.6 Å². The molecule has 14 heavy (non-hydrogen) atoms. The highest BCUT2D eigenvalue weighted by Gasteiger charge is 2.51. The van der Waals surface area contributed by atoms with Crippen LogP contribution in [-0.4, -0.2) is 29.7 Å². The molecule has 0 radical (unpaired) electrons. The highest BCUT2D eigenvalue weighted by Crippen LogP contribution is 2.39. The molecule has 2 fully saturated rings. The molecule has 2 bridgehead atoms. The van der Waals surface area contributed by atoms with Gasteiger partial charge in [0.2, 0.25) is 0 Å². The molecule has 1 saturated heterocycles. The summed E-state index contributed by atoms with van der Waals surface area (Å²) in [7, 11) is 0. The van der Waals surface area contributed by atoms with E-state index < -0.39 is 11.5 Å². The van der Waals surface area contributed by atoms with Gasteiger partial charge in [0.05, 0.1) is 0 Å². The molecule has 0 amide bonds. The minimum atomic E-state index is -0.950. The average Bonchev–Trinajstić information content (AvgIpc) is 2.25. The number of aliphatic carboxylic acids is 1. The van der Waals surface area contributed by atoms with E-state index in [1.807, 2.05) is 0 Å². The average molecular weight is 243 g/mol. The number of nitrogens with one attached hydrogen (secondary N) is 1. The Morgan fingerprint density at radius 2 is 2.07 bits per heavy atom. The Kier molecular flexibility index (Phi) is 4.65. The van der Waals surface area contributed by atoms with Gasteiger partial charge in [-0.2, -0.15) is 0 Å². The molecule has 1 saturated carbocycles. The van der Waals surface area contributed by atoms with Crippen molar-refractivity contribution in [3.8, 4) is 0 Å². The molecule has 0 aromatic heterocycles. The van der Waals surface area contributed by atoms with Crippen LogP contribution in [0.3, 0.4) is 0 Å². The summed E-state index contributed by atoms with van der Waals surface area (Å²) in [6.45, 7) is 1.70. The van der Waals surface area contributed by atoms with E-state index in [9.17, 15) is 4.79 Å². The molecule has 6 heteroatoms. The fourth-order valence-corrected chi connectivity index (χ4v) is 2.48. The highest BCUT2D eigenvalue weighted by atomic mass is 35.5. The van der Waals surface area contributed by atoms with Crippen LogP contribution < -0.4 is 11.1 Å². The summed E-state index contributed by atoms with van der Waals surface area (Å²) in [5, 5.41) is 12.2. The molecular formula is C8H16Cl2N2O2. The van der Waals surface area contributed by atoms with Crippen LogP contribution in [0.1, 0.15) is 12.8 Å². The van der Waals surface area contributed by atoms with E-state index in [1.165, 1.54) is 0 Å². The molecule has 0 spiro atoms. The Balaban J connectivity index is 0.000000845. The Morgan fingerprint density at radius 1 is 1.43 bits per heavy atom. The van der Waals surface area contributed by atoms with Crippen LogP contribution in [0.25, 0.3) is 0 Å². The van der Waals surface area contributed by atoms with Crippen molar-refractivity contribution < 1.29 is 9.90 Å². The van der Waals surface area contributed by atoms with E-state index in [-0.39, 0.29) is 30.7 Å². The third kappa shape index (κ3) is 1.98. The lowest BCUT2D eigenvalue weighted by Gasteiger charge is -2.26. The molecule has 2 rings (SSSR count). The summed E-state index contributed by atoms with van der Waals surface area (Å²) in [4.78, 5) is 10.9. The summed E-state index contributed by atoms with van der Waals surface area (Å²) >= 11 is 0. The number of carbonyl (C=O) groups is 1. The number of fused-ring (bicyclic) bond motifs is 2. The molecule has 3 atom stereocenters. The number of piperidine rings is 1. The van der Waals surface area contributed by atoms with Crippen LogP contribution >= 0.6 is 24.8 Å². The van der Waals surface area contributed by atoms with E-state index in [4.69, 9.17) is 10.8 Å². The lowest BCUT2D eigenvalue weighted by molar-refractivity contribution is -0.144. The van der Waals surface area contributed by atoms with Gasteiger partial charge in [0.15, 0.2) is 0 Å². The zero-order valence-electron chi connectivity index (χ0n) is 7.73. The monoisotopic (exact) mass is 242 g/mol. The van der Waals surface area contributed by atoms with Gasteiger partial charge in [-0.25, -0.2) is 0 Å². The predicted octanol–water partition coefficient (Wildman–Crippen LogP) is 0.241. The maximum atomic E-state index is 10.9. The largest absolute Gasteiger partial charge is 0.480 e. The SMILES string of the molecule is Cl.Cl.N[C@@]1(C(=O)O)C[C@@H]2CNC[C@H]1C2. The van der Waals surface area contributed by atoms with Crippen molar-refractivity contribution in [1.82, 2.24) is 5.32 Å². The fraction of sp³-hybridized carbons (Fsp3) is 0.875. The van der Waals surface area contributed by atoms with Gasteiger partial charge < -0.3 is 16.2 Å². The molecule has 84 valence electrons. The topological polar surface area (TPSA) is 75.4 Å².